The van der Waals surface area contributed by atoms with Crippen molar-refractivity contribution in [3.8, 4) is 44.8 Å². The lowest BCUT2D eigenvalue weighted by Gasteiger charge is -2.61. The molecule has 0 radical (unpaired) electrons. The van der Waals surface area contributed by atoms with Gasteiger partial charge in [0.05, 0.1) is 22.4 Å². The molecule has 4 bridgehead atoms. The number of hydrogen-bond donors (Lipinski definition) is 0. The second-order valence-corrected chi connectivity index (χ2v) is 19.3. The van der Waals surface area contributed by atoms with Crippen molar-refractivity contribution in [2.75, 3.05) is 0 Å². The van der Waals surface area contributed by atoms with Gasteiger partial charge in [-0.15, -0.1) is 0 Å². The lowest BCUT2D eigenvalue weighted by molar-refractivity contribution is -0.0394. The van der Waals surface area contributed by atoms with Gasteiger partial charge in [-0.05, 0) is 134 Å². The number of hydrogen-bond acceptors (Lipinski definition) is 2. The van der Waals surface area contributed by atoms with Gasteiger partial charge in [-0.1, -0.05) is 147 Å². The molecule has 0 aliphatic heterocycles. The van der Waals surface area contributed by atoms with Gasteiger partial charge in [0.2, 0.25) is 0 Å². The second-order valence-electron chi connectivity index (χ2n) is 19.3. The Balaban J connectivity index is 1.13. The number of aromatic nitrogens is 2. The fraction of sp³-hybridized carbons (Fsp3) is 0.228. The largest absolute Gasteiger partial charge is 0.243 e. The van der Waals surface area contributed by atoms with Gasteiger partial charge in [0.1, 0.15) is 0 Å². The van der Waals surface area contributed by atoms with Crippen LogP contribution < -0.4 is 0 Å². The van der Waals surface area contributed by atoms with Crippen LogP contribution in [0.1, 0.15) is 68.2 Å². The average molecular weight is 757 g/mol. The van der Waals surface area contributed by atoms with Crippen LogP contribution in [0, 0.1) is 23.7 Å². The summed E-state index contributed by atoms with van der Waals surface area (Å²) in [7, 11) is 0. The normalized spacial score (nSPS) is 24.0. The van der Waals surface area contributed by atoms with Crippen molar-refractivity contribution < 1.29 is 0 Å². The molecule has 0 atom stereocenters. The van der Waals surface area contributed by atoms with Gasteiger partial charge in [-0.2, -0.15) is 0 Å². The van der Waals surface area contributed by atoms with E-state index in [9.17, 15) is 0 Å². The van der Waals surface area contributed by atoms with E-state index >= 15 is 0 Å². The van der Waals surface area contributed by atoms with E-state index in [4.69, 9.17) is 9.97 Å². The molecule has 2 heteroatoms. The van der Waals surface area contributed by atoms with E-state index < -0.39 is 0 Å². The Morgan fingerprint density at radius 3 is 1.61 bits per heavy atom. The maximum absolute atomic E-state index is 5.85. The Kier molecular flexibility index (Phi) is 6.30. The highest BCUT2D eigenvalue weighted by Crippen LogP contribution is 2.71. The molecule has 0 unspecified atom stereocenters. The maximum Gasteiger partial charge on any atom is 0.0979 e. The molecule has 4 saturated carbocycles. The average Bonchev–Trinajstić information content (AvgIpc) is 3.69. The molecule has 1 aromatic heterocycles. The molecule has 6 aliphatic rings. The van der Waals surface area contributed by atoms with E-state index in [1.807, 2.05) is 0 Å². The van der Waals surface area contributed by atoms with Crippen LogP contribution in [-0.4, -0.2) is 9.97 Å². The Hall–Kier alpha value is -6.12. The third kappa shape index (κ3) is 4.08. The number of fused-ring (bicyclic) bond motifs is 14. The highest BCUT2D eigenvalue weighted by Gasteiger charge is 2.62. The van der Waals surface area contributed by atoms with Crippen molar-refractivity contribution in [2.24, 2.45) is 23.7 Å². The van der Waals surface area contributed by atoms with Crippen LogP contribution in [0.4, 0.5) is 0 Å². The Labute approximate surface area is 345 Å². The molecule has 1 heterocycles. The molecule has 9 aromatic rings. The Bertz CT molecular complexity index is 3290. The van der Waals surface area contributed by atoms with Gasteiger partial charge in [-0.25, -0.2) is 9.97 Å². The summed E-state index contributed by atoms with van der Waals surface area (Å²) in [6, 6.07) is 54.8. The molecule has 282 valence electrons. The van der Waals surface area contributed by atoms with Gasteiger partial charge >= 0.3 is 0 Å². The lowest BCUT2D eigenvalue weighted by atomic mass is 9.43. The fourth-order valence-electron chi connectivity index (χ4n) is 14.1. The van der Waals surface area contributed by atoms with Crippen LogP contribution in [0.2, 0.25) is 0 Å². The Morgan fingerprint density at radius 2 is 0.932 bits per heavy atom. The van der Waals surface area contributed by atoms with Gasteiger partial charge in [0, 0.05) is 32.7 Å². The first kappa shape index (κ1) is 32.8. The van der Waals surface area contributed by atoms with Gasteiger partial charge in [0.15, 0.2) is 0 Å². The van der Waals surface area contributed by atoms with E-state index in [2.05, 4.69) is 159 Å². The van der Waals surface area contributed by atoms with Crippen LogP contribution in [0.3, 0.4) is 0 Å². The molecule has 2 nitrogen and oxygen atoms in total. The zero-order valence-corrected chi connectivity index (χ0v) is 33.6. The highest BCUT2D eigenvalue weighted by molar-refractivity contribution is 6.24. The fourth-order valence-corrected chi connectivity index (χ4v) is 14.1. The molecule has 59 heavy (non-hydrogen) atoms. The molecule has 6 aliphatic carbocycles. The molecule has 0 N–H and O–H groups in total. The van der Waals surface area contributed by atoms with E-state index in [1.54, 1.807) is 11.1 Å². The minimum absolute atomic E-state index is 0.0164. The first-order valence-electron chi connectivity index (χ1n) is 22.0. The zero-order valence-electron chi connectivity index (χ0n) is 33.6. The molecule has 15 rings (SSSR count). The van der Waals surface area contributed by atoms with Crippen LogP contribution in [0.25, 0.3) is 88.1 Å². The topological polar surface area (TPSA) is 25.8 Å². The van der Waals surface area contributed by atoms with Crippen molar-refractivity contribution in [2.45, 2.75) is 56.8 Å². The quantitative estimate of drug-likeness (QED) is 0.164. The van der Waals surface area contributed by atoms with Gasteiger partial charge in [0.25, 0.3) is 0 Å². The van der Waals surface area contributed by atoms with Crippen molar-refractivity contribution in [1.82, 2.24) is 9.97 Å². The van der Waals surface area contributed by atoms with E-state index in [0.717, 1.165) is 50.6 Å². The lowest BCUT2D eigenvalue weighted by Crippen LogP contribution is -2.55. The summed E-state index contributed by atoms with van der Waals surface area (Å²) in [4.78, 5) is 11.6. The summed E-state index contributed by atoms with van der Waals surface area (Å²) < 4.78 is 0. The summed E-state index contributed by atoms with van der Waals surface area (Å²) in [6.45, 7) is 4.92. The van der Waals surface area contributed by atoms with Crippen molar-refractivity contribution in [3.05, 3.63) is 168 Å². The summed E-state index contributed by atoms with van der Waals surface area (Å²) >= 11 is 0. The predicted molar refractivity (Wildman–Crippen MR) is 244 cm³/mol. The third-order valence-corrected chi connectivity index (χ3v) is 16.2. The SMILES string of the molecule is CC1(C)c2ccccc2-c2cc3c(cc21)C1(c2c-3cc(-c3nc4c5ccccc5c5ccccc5c4nc3-c3ccccc3)c3ccccc23)C2CC3CC(C2)CC1C3. The third-order valence-electron chi connectivity index (χ3n) is 16.2. The number of nitrogens with zero attached hydrogens (tertiary/aromatic N) is 2. The summed E-state index contributed by atoms with van der Waals surface area (Å²) in [5.74, 6) is 3.09. The molecular formula is C57H44N2. The van der Waals surface area contributed by atoms with Gasteiger partial charge in [-0.3, -0.25) is 0 Å². The Morgan fingerprint density at radius 1 is 0.407 bits per heavy atom. The second kappa shape index (κ2) is 11.3. The molecule has 0 amide bonds. The van der Waals surface area contributed by atoms with Gasteiger partial charge < -0.3 is 0 Å². The predicted octanol–water partition coefficient (Wildman–Crippen LogP) is 14.5. The summed E-state index contributed by atoms with van der Waals surface area (Å²) in [5.41, 5.74) is 18.0. The minimum atomic E-state index is -0.0473. The standard InChI is InChI=1S/C57H44N2/c1-56(2)48-23-13-12-19-40(48)44-29-45-46-30-47(39-18-6-9-20-41(39)51(46)57(50(45)31-49(44)56)35-25-32-24-33(27-35)28-36(57)26-32)55-52(34-14-4-3-5-15-34)58-53-42-21-10-7-16-37(42)38-17-8-11-22-43(38)54(53)59-55/h3-23,29-33,35-36H,24-28H2,1-2H3. The molecule has 0 saturated heterocycles. The van der Waals surface area contributed by atoms with E-state index in [1.165, 1.54) is 92.6 Å². The molecule has 1 spiro atoms. The van der Waals surface area contributed by atoms with Crippen LogP contribution >= 0.6 is 0 Å². The van der Waals surface area contributed by atoms with Crippen molar-refractivity contribution in [1.29, 1.82) is 0 Å². The van der Waals surface area contributed by atoms with Crippen LogP contribution in [0.5, 0.6) is 0 Å². The summed E-state index contributed by atoms with van der Waals surface area (Å²) in [5, 5.41) is 7.43. The number of benzene rings is 8. The smallest absolute Gasteiger partial charge is 0.0979 e. The molecule has 8 aromatic carbocycles. The van der Waals surface area contributed by atoms with E-state index in [0.29, 0.717) is 11.8 Å². The molecular weight excluding hydrogens is 713 g/mol. The first-order valence-corrected chi connectivity index (χ1v) is 22.0. The first-order chi connectivity index (χ1) is 29.0. The monoisotopic (exact) mass is 756 g/mol. The van der Waals surface area contributed by atoms with Crippen LogP contribution in [0.15, 0.2) is 146 Å². The number of rotatable bonds is 2. The van der Waals surface area contributed by atoms with E-state index in [-0.39, 0.29) is 10.8 Å². The molecule has 4 fully saturated rings. The van der Waals surface area contributed by atoms with Crippen molar-refractivity contribution >= 4 is 43.4 Å². The maximum atomic E-state index is 5.85. The van der Waals surface area contributed by atoms with Crippen molar-refractivity contribution in [3.63, 3.8) is 0 Å². The zero-order chi connectivity index (χ0) is 38.8. The van der Waals surface area contributed by atoms with Crippen LogP contribution in [-0.2, 0) is 10.8 Å². The summed E-state index contributed by atoms with van der Waals surface area (Å²) in [6.07, 6.45) is 6.88. The highest BCUT2D eigenvalue weighted by atomic mass is 14.8. The minimum Gasteiger partial charge on any atom is -0.243 e.